The van der Waals surface area contributed by atoms with Crippen molar-refractivity contribution in [1.82, 2.24) is 20.2 Å². The van der Waals surface area contributed by atoms with Crippen LogP contribution in [0.15, 0.2) is 18.2 Å². The molecule has 2 aromatic rings. The number of rotatable bonds is 5. The molecule has 0 unspecified atom stereocenters. The van der Waals surface area contributed by atoms with Gasteiger partial charge in [0.1, 0.15) is 12.4 Å². The van der Waals surface area contributed by atoms with Crippen LogP contribution in [-0.4, -0.2) is 25.1 Å². The standard InChI is InChI=1S/C12H15N5O3/c1-8(2)16-12(13-14-15-16)7-20-11-5-4-10(17(18)19)6-9(11)3/h4-6,8H,7H2,1-3H3. The molecule has 0 saturated carbocycles. The summed E-state index contributed by atoms with van der Waals surface area (Å²) in [5, 5.41) is 22.0. The predicted molar refractivity (Wildman–Crippen MR) is 70.4 cm³/mol. The molecule has 1 heterocycles. The second kappa shape index (κ2) is 5.64. The Morgan fingerprint density at radius 3 is 2.80 bits per heavy atom. The molecule has 0 aliphatic heterocycles. The van der Waals surface area contributed by atoms with Crippen molar-refractivity contribution in [3.8, 4) is 5.75 Å². The highest BCUT2D eigenvalue weighted by atomic mass is 16.6. The van der Waals surface area contributed by atoms with Gasteiger partial charge in [-0.2, -0.15) is 0 Å². The molecule has 2 rings (SSSR count). The molecule has 0 spiro atoms. The third-order valence-corrected chi connectivity index (χ3v) is 2.78. The number of non-ortho nitro benzene ring substituents is 1. The van der Waals surface area contributed by atoms with Crippen molar-refractivity contribution in [3.63, 3.8) is 0 Å². The van der Waals surface area contributed by atoms with Gasteiger partial charge in [-0.1, -0.05) is 0 Å². The van der Waals surface area contributed by atoms with Crippen LogP contribution in [0, 0.1) is 17.0 Å². The molecular weight excluding hydrogens is 262 g/mol. The molecule has 0 aliphatic rings. The van der Waals surface area contributed by atoms with Gasteiger partial charge in [-0.05, 0) is 42.8 Å². The number of ether oxygens (including phenoxy) is 1. The molecule has 8 nitrogen and oxygen atoms in total. The molecule has 1 aromatic carbocycles. The number of tetrazole rings is 1. The topological polar surface area (TPSA) is 96.0 Å². The maximum Gasteiger partial charge on any atom is 0.269 e. The Labute approximate surface area is 115 Å². The average Bonchev–Trinajstić information content (AvgIpc) is 2.85. The molecular formula is C12H15N5O3. The van der Waals surface area contributed by atoms with Gasteiger partial charge in [0.15, 0.2) is 5.82 Å². The Hall–Kier alpha value is -2.51. The lowest BCUT2D eigenvalue weighted by atomic mass is 10.2. The van der Waals surface area contributed by atoms with Crippen molar-refractivity contribution >= 4 is 5.69 Å². The third-order valence-electron chi connectivity index (χ3n) is 2.78. The van der Waals surface area contributed by atoms with Crippen LogP contribution in [0.1, 0.15) is 31.3 Å². The minimum Gasteiger partial charge on any atom is -0.485 e. The molecule has 106 valence electrons. The van der Waals surface area contributed by atoms with Crippen LogP contribution in [0.2, 0.25) is 0 Å². The van der Waals surface area contributed by atoms with Crippen molar-refractivity contribution in [2.24, 2.45) is 0 Å². The van der Waals surface area contributed by atoms with Crippen molar-refractivity contribution in [1.29, 1.82) is 0 Å². The smallest absolute Gasteiger partial charge is 0.269 e. The number of nitro benzene ring substituents is 1. The molecule has 0 aliphatic carbocycles. The molecule has 0 radical (unpaired) electrons. The van der Waals surface area contributed by atoms with Crippen molar-refractivity contribution in [2.75, 3.05) is 0 Å². The number of benzene rings is 1. The van der Waals surface area contributed by atoms with Crippen LogP contribution < -0.4 is 4.74 Å². The Morgan fingerprint density at radius 2 is 2.20 bits per heavy atom. The zero-order chi connectivity index (χ0) is 14.7. The van der Waals surface area contributed by atoms with Gasteiger partial charge in [-0.3, -0.25) is 10.1 Å². The van der Waals surface area contributed by atoms with Gasteiger partial charge < -0.3 is 4.74 Å². The first-order valence-electron chi connectivity index (χ1n) is 6.13. The molecule has 0 amide bonds. The lowest BCUT2D eigenvalue weighted by molar-refractivity contribution is -0.384. The van der Waals surface area contributed by atoms with Crippen molar-refractivity contribution < 1.29 is 9.66 Å². The van der Waals surface area contributed by atoms with Gasteiger partial charge >= 0.3 is 0 Å². The maximum atomic E-state index is 10.7. The van der Waals surface area contributed by atoms with E-state index in [1.807, 2.05) is 13.8 Å². The van der Waals surface area contributed by atoms with Crippen LogP contribution in [0.5, 0.6) is 5.75 Å². The summed E-state index contributed by atoms with van der Waals surface area (Å²) in [4.78, 5) is 10.2. The molecule has 0 bridgehead atoms. The number of aromatic nitrogens is 4. The molecule has 20 heavy (non-hydrogen) atoms. The van der Waals surface area contributed by atoms with Crippen molar-refractivity contribution in [3.05, 3.63) is 39.7 Å². The normalized spacial score (nSPS) is 10.8. The summed E-state index contributed by atoms with van der Waals surface area (Å²) in [5.41, 5.74) is 0.740. The number of hydrogen-bond acceptors (Lipinski definition) is 6. The van der Waals surface area contributed by atoms with E-state index in [9.17, 15) is 10.1 Å². The van der Waals surface area contributed by atoms with E-state index in [1.54, 1.807) is 17.7 Å². The number of aryl methyl sites for hydroxylation is 1. The summed E-state index contributed by atoms with van der Waals surface area (Å²) >= 11 is 0. The second-order valence-corrected chi connectivity index (χ2v) is 4.63. The van der Waals surface area contributed by atoms with E-state index in [0.29, 0.717) is 17.1 Å². The van der Waals surface area contributed by atoms with Gasteiger partial charge in [0.25, 0.3) is 5.69 Å². The van der Waals surface area contributed by atoms with Crippen LogP contribution >= 0.6 is 0 Å². The van der Waals surface area contributed by atoms with Crippen molar-refractivity contribution in [2.45, 2.75) is 33.4 Å². The summed E-state index contributed by atoms with van der Waals surface area (Å²) in [6, 6.07) is 4.60. The van der Waals surface area contributed by atoms with E-state index in [-0.39, 0.29) is 18.3 Å². The fourth-order valence-electron chi connectivity index (χ4n) is 1.76. The Balaban J connectivity index is 2.11. The highest BCUT2D eigenvalue weighted by Gasteiger charge is 2.12. The van der Waals surface area contributed by atoms with E-state index in [0.717, 1.165) is 0 Å². The van der Waals surface area contributed by atoms with Gasteiger partial charge in [0.05, 0.1) is 11.0 Å². The first-order valence-corrected chi connectivity index (χ1v) is 6.13. The summed E-state index contributed by atoms with van der Waals surface area (Å²) < 4.78 is 7.29. The second-order valence-electron chi connectivity index (χ2n) is 4.63. The van der Waals surface area contributed by atoms with Gasteiger partial charge in [-0.15, -0.1) is 5.10 Å². The summed E-state index contributed by atoms with van der Waals surface area (Å²) in [6.07, 6.45) is 0. The van der Waals surface area contributed by atoms with E-state index in [2.05, 4.69) is 15.5 Å². The monoisotopic (exact) mass is 277 g/mol. The lowest BCUT2D eigenvalue weighted by Crippen LogP contribution is -2.11. The zero-order valence-corrected chi connectivity index (χ0v) is 11.5. The van der Waals surface area contributed by atoms with E-state index < -0.39 is 4.92 Å². The number of nitro groups is 1. The van der Waals surface area contributed by atoms with Gasteiger partial charge in [0.2, 0.25) is 0 Å². The quantitative estimate of drug-likeness (QED) is 0.613. The van der Waals surface area contributed by atoms with Crippen LogP contribution in [-0.2, 0) is 6.61 Å². The van der Waals surface area contributed by atoms with Crippen LogP contribution in [0.4, 0.5) is 5.69 Å². The Kier molecular flexibility index (Phi) is 3.92. The third kappa shape index (κ3) is 2.90. The minimum absolute atomic E-state index is 0.0434. The maximum absolute atomic E-state index is 10.7. The molecule has 0 N–H and O–H groups in total. The number of hydrogen-bond donors (Lipinski definition) is 0. The van der Waals surface area contributed by atoms with E-state index in [4.69, 9.17) is 4.74 Å². The molecule has 1 aromatic heterocycles. The van der Waals surface area contributed by atoms with E-state index >= 15 is 0 Å². The first-order chi connectivity index (χ1) is 9.49. The molecule has 0 saturated heterocycles. The highest BCUT2D eigenvalue weighted by molar-refractivity contribution is 5.42. The molecule has 0 atom stereocenters. The summed E-state index contributed by atoms with van der Waals surface area (Å²) in [6.45, 7) is 5.91. The first kappa shape index (κ1) is 13.9. The Bertz CT molecular complexity index is 623. The summed E-state index contributed by atoms with van der Waals surface area (Å²) in [7, 11) is 0. The average molecular weight is 277 g/mol. The Morgan fingerprint density at radius 1 is 1.45 bits per heavy atom. The molecule has 0 fully saturated rings. The molecule has 8 heteroatoms. The van der Waals surface area contributed by atoms with Gasteiger partial charge in [0, 0.05) is 12.1 Å². The van der Waals surface area contributed by atoms with E-state index in [1.165, 1.54) is 12.1 Å². The van der Waals surface area contributed by atoms with Crippen LogP contribution in [0.3, 0.4) is 0 Å². The number of nitrogens with zero attached hydrogens (tertiary/aromatic N) is 5. The largest absolute Gasteiger partial charge is 0.485 e. The van der Waals surface area contributed by atoms with Crippen LogP contribution in [0.25, 0.3) is 0 Å². The summed E-state index contributed by atoms with van der Waals surface area (Å²) in [5.74, 6) is 1.19. The predicted octanol–water partition coefficient (Wildman–Crippen LogP) is 2.05. The fraction of sp³-hybridized carbons (Fsp3) is 0.417. The fourth-order valence-corrected chi connectivity index (χ4v) is 1.76. The lowest BCUT2D eigenvalue weighted by Gasteiger charge is -2.10. The minimum atomic E-state index is -0.434. The zero-order valence-electron chi connectivity index (χ0n) is 11.5. The highest BCUT2D eigenvalue weighted by Crippen LogP contribution is 2.23. The van der Waals surface area contributed by atoms with Gasteiger partial charge in [-0.25, -0.2) is 4.68 Å². The SMILES string of the molecule is Cc1cc([N+](=O)[O-])ccc1OCc1nnnn1C(C)C.